The van der Waals surface area contributed by atoms with E-state index in [2.05, 4.69) is 0 Å². The summed E-state index contributed by atoms with van der Waals surface area (Å²) in [5.41, 5.74) is 0.631. The van der Waals surface area contributed by atoms with Gasteiger partial charge in [0.1, 0.15) is 6.61 Å². The number of anilines is 1. The van der Waals surface area contributed by atoms with E-state index in [1.807, 2.05) is 14.1 Å². The summed E-state index contributed by atoms with van der Waals surface area (Å²) in [5.74, 6) is -0.0778. The first-order valence-corrected chi connectivity index (χ1v) is 5.00. The van der Waals surface area contributed by atoms with Crippen molar-refractivity contribution in [1.82, 2.24) is 0 Å². The van der Waals surface area contributed by atoms with Gasteiger partial charge in [0, 0.05) is 31.9 Å². The summed E-state index contributed by atoms with van der Waals surface area (Å²) in [6.45, 7) is 1.19. The molecule has 1 rings (SSSR count). The quantitative estimate of drug-likeness (QED) is 0.575. The second-order valence-corrected chi connectivity index (χ2v) is 3.79. The number of carbonyl (C=O) groups is 1. The first-order valence-electron chi connectivity index (χ1n) is 5.00. The molecule has 0 aliphatic rings. The van der Waals surface area contributed by atoms with Crippen LogP contribution in [0.4, 0.5) is 11.4 Å². The zero-order valence-electron chi connectivity index (χ0n) is 9.97. The SMILES string of the molecule is CC(=O)COc1cc(N(C)C)ccc1[N+](=O)[O-]. The Bertz CT molecular complexity index is 443. The molecule has 0 saturated carbocycles. The van der Waals surface area contributed by atoms with Crippen molar-refractivity contribution in [3.05, 3.63) is 28.3 Å². The molecule has 0 saturated heterocycles. The van der Waals surface area contributed by atoms with Crippen LogP contribution in [0.1, 0.15) is 6.92 Å². The Morgan fingerprint density at radius 2 is 2.12 bits per heavy atom. The monoisotopic (exact) mass is 238 g/mol. The van der Waals surface area contributed by atoms with Crippen LogP contribution in [0.15, 0.2) is 18.2 Å². The molecule has 0 amide bonds. The molecule has 0 aromatic heterocycles. The lowest BCUT2D eigenvalue weighted by Gasteiger charge is -2.13. The molecule has 0 fully saturated rings. The van der Waals surface area contributed by atoms with Crippen molar-refractivity contribution in [2.75, 3.05) is 25.6 Å². The third-order valence-electron chi connectivity index (χ3n) is 2.09. The lowest BCUT2D eigenvalue weighted by atomic mass is 10.2. The Morgan fingerprint density at radius 1 is 1.47 bits per heavy atom. The molecule has 1 aromatic carbocycles. The van der Waals surface area contributed by atoms with Gasteiger partial charge in [-0.3, -0.25) is 14.9 Å². The first kappa shape index (κ1) is 13.0. The molecular weight excluding hydrogens is 224 g/mol. The van der Waals surface area contributed by atoms with Crippen LogP contribution < -0.4 is 9.64 Å². The van der Waals surface area contributed by atoms with Crippen molar-refractivity contribution < 1.29 is 14.5 Å². The first-order chi connectivity index (χ1) is 7.91. The van der Waals surface area contributed by atoms with Gasteiger partial charge in [0.15, 0.2) is 11.5 Å². The molecule has 0 aliphatic heterocycles. The van der Waals surface area contributed by atoms with Crippen LogP contribution in [0.3, 0.4) is 0 Å². The second-order valence-electron chi connectivity index (χ2n) is 3.79. The van der Waals surface area contributed by atoms with Crippen molar-refractivity contribution in [3.8, 4) is 5.75 Å². The average Bonchev–Trinajstić information content (AvgIpc) is 2.25. The van der Waals surface area contributed by atoms with Crippen molar-refractivity contribution in [2.45, 2.75) is 6.92 Å². The van der Waals surface area contributed by atoms with Gasteiger partial charge in [-0.15, -0.1) is 0 Å². The standard InChI is InChI=1S/C11H14N2O4/c1-8(14)7-17-11-6-9(12(2)3)4-5-10(11)13(15)16/h4-6H,7H2,1-3H3. The molecule has 92 valence electrons. The van der Waals surface area contributed by atoms with Crippen LogP contribution in [0.2, 0.25) is 0 Å². The zero-order chi connectivity index (χ0) is 13.0. The largest absolute Gasteiger partial charge is 0.479 e. The third kappa shape index (κ3) is 3.44. The number of Topliss-reactive ketones (excluding diaryl/α,β-unsaturated/α-hetero) is 1. The predicted octanol–water partition coefficient (Wildman–Crippen LogP) is 1.63. The number of ether oxygens (including phenoxy) is 1. The summed E-state index contributed by atoms with van der Waals surface area (Å²) in [6.07, 6.45) is 0. The van der Waals surface area contributed by atoms with Gasteiger partial charge >= 0.3 is 5.69 Å². The smallest absolute Gasteiger partial charge is 0.311 e. The highest BCUT2D eigenvalue weighted by molar-refractivity contribution is 5.77. The molecule has 6 nitrogen and oxygen atoms in total. The van der Waals surface area contributed by atoms with Gasteiger partial charge in [0.2, 0.25) is 0 Å². The van der Waals surface area contributed by atoms with Crippen LogP contribution in [0.5, 0.6) is 5.75 Å². The van der Waals surface area contributed by atoms with E-state index in [1.54, 1.807) is 17.0 Å². The van der Waals surface area contributed by atoms with Gasteiger partial charge < -0.3 is 9.64 Å². The number of rotatable bonds is 5. The minimum atomic E-state index is -0.533. The summed E-state index contributed by atoms with van der Waals surface area (Å²) in [4.78, 5) is 22.8. The van der Waals surface area contributed by atoms with Crippen LogP contribution in [0, 0.1) is 10.1 Å². The minimum Gasteiger partial charge on any atom is -0.479 e. The molecule has 0 unspecified atom stereocenters. The Kier molecular flexibility index (Phi) is 4.03. The summed E-state index contributed by atoms with van der Waals surface area (Å²) in [7, 11) is 3.63. The van der Waals surface area contributed by atoms with E-state index in [0.29, 0.717) is 0 Å². The van der Waals surface area contributed by atoms with E-state index in [-0.39, 0.29) is 23.8 Å². The molecule has 17 heavy (non-hydrogen) atoms. The summed E-state index contributed by atoms with van der Waals surface area (Å²) in [6, 6.07) is 4.53. The maximum Gasteiger partial charge on any atom is 0.311 e. The Labute approximate surface area is 98.9 Å². The van der Waals surface area contributed by atoms with Gasteiger partial charge in [-0.25, -0.2) is 0 Å². The fourth-order valence-electron chi connectivity index (χ4n) is 1.23. The Morgan fingerprint density at radius 3 is 2.59 bits per heavy atom. The van der Waals surface area contributed by atoms with E-state index < -0.39 is 4.92 Å². The van der Waals surface area contributed by atoms with Gasteiger partial charge in [0.25, 0.3) is 0 Å². The summed E-state index contributed by atoms with van der Waals surface area (Å²) in [5, 5.41) is 10.8. The van der Waals surface area contributed by atoms with E-state index in [4.69, 9.17) is 4.74 Å². The highest BCUT2D eigenvalue weighted by atomic mass is 16.6. The molecule has 0 atom stereocenters. The van der Waals surface area contributed by atoms with Crippen molar-refractivity contribution in [3.63, 3.8) is 0 Å². The number of nitro groups is 1. The normalized spacial score (nSPS) is 9.82. The molecule has 0 spiro atoms. The highest BCUT2D eigenvalue weighted by Crippen LogP contribution is 2.30. The number of nitro benzene ring substituents is 1. The van der Waals surface area contributed by atoms with Crippen LogP contribution in [0.25, 0.3) is 0 Å². The maximum absolute atomic E-state index is 10.8. The fraction of sp³-hybridized carbons (Fsp3) is 0.364. The lowest BCUT2D eigenvalue weighted by molar-refractivity contribution is -0.385. The van der Waals surface area contributed by atoms with Crippen molar-refractivity contribution in [1.29, 1.82) is 0 Å². The van der Waals surface area contributed by atoms with E-state index in [0.717, 1.165) is 5.69 Å². The number of hydrogen-bond donors (Lipinski definition) is 0. The molecule has 0 bridgehead atoms. The van der Waals surface area contributed by atoms with E-state index in [9.17, 15) is 14.9 Å². The Balaban J connectivity index is 3.06. The zero-order valence-corrected chi connectivity index (χ0v) is 9.97. The topological polar surface area (TPSA) is 72.7 Å². The van der Waals surface area contributed by atoms with Crippen LogP contribution >= 0.6 is 0 Å². The number of nitrogens with zero attached hydrogens (tertiary/aromatic N) is 2. The predicted molar refractivity (Wildman–Crippen MR) is 63.6 cm³/mol. The van der Waals surface area contributed by atoms with Crippen molar-refractivity contribution >= 4 is 17.2 Å². The summed E-state index contributed by atoms with van der Waals surface area (Å²) >= 11 is 0. The molecule has 0 heterocycles. The van der Waals surface area contributed by atoms with Gasteiger partial charge in [-0.1, -0.05) is 0 Å². The molecule has 0 aliphatic carbocycles. The molecule has 6 heteroatoms. The maximum atomic E-state index is 10.8. The molecule has 0 radical (unpaired) electrons. The fourth-order valence-corrected chi connectivity index (χ4v) is 1.23. The Hall–Kier alpha value is -2.11. The van der Waals surface area contributed by atoms with Gasteiger partial charge in [0.05, 0.1) is 4.92 Å². The van der Waals surface area contributed by atoms with Gasteiger partial charge in [-0.05, 0) is 13.0 Å². The summed E-state index contributed by atoms with van der Waals surface area (Å²) < 4.78 is 5.13. The number of benzene rings is 1. The van der Waals surface area contributed by atoms with Crippen LogP contribution in [-0.4, -0.2) is 31.4 Å². The minimum absolute atomic E-state index is 0.108. The third-order valence-corrected chi connectivity index (χ3v) is 2.09. The van der Waals surface area contributed by atoms with E-state index >= 15 is 0 Å². The average molecular weight is 238 g/mol. The number of ketones is 1. The molecule has 0 N–H and O–H groups in total. The van der Waals surface area contributed by atoms with Crippen molar-refractivity contribution in [2.24, 2.45) is 0 Å². The van der Waals surface area contributed by atoms with Gasteiger partial charge in [-0.2, -0.15) is 0 Å². The number of carbonyl (C=O) groups excluding carboxylic acids is 1. The van der Waals surface area contributed by atoms with E-state index in [1.165, 1.54) is 13.0 Å². The highest BCUT2D eigenvalue weighted by Gasteiger charge is 2.16. The lowest BCUT2D eigenvalue weighted by Crippen LogP contribution is -2.11. The second kappa shape index (κ2) is 5.29. The number of hydrogen-bond acceptors (Lipinski definition) is 5. The molecular formula is C11H14N2O4. The van der Waals surface area contributed by atoms with Crippen LogP contribution in [-0.2, 0) is 4.79 Å². The molecule has 1 aromatic rings.